The van der Waals surface area contributed by atoms with Crippen molar-refractivity contribution in [3.63, 3.8) is 0 Å². The number of nitrogen functional groups attached to an aromatic ring is 1. The molecule has 6 rings (SSSR count). The van der Waals surface area contributed by atoms with Gasteiger partial charge in [-0.3, -0.25) is 14.4 Å². The summed E-state index contributed by atoms with van der Waals surface area (Å²) < 4.78 is 7.81. The highest BCUT2D eigenvalue weighted by Gasteiger charge is 2.26. The molecule has 14 nitrogen and oxygen atoms in total. The van der Waals surface area contributed by atoms with Crippen LogP contribution in [-0.2, 0) is 11.8 Å². The molecular formula is C29H34N12O2. The van der Waals surface area contributed by atoms with Gasteiger partial charge in [0.25, 0.3) is 0 Å². The van der Waals surface area contributed by atoms with E-state index in [1.54, 1.807) is 24.0 Å². The van der Waals surface area contributed by atoms with Gasteiger partial charge < -0.3 is 31.4 Å². The summed E-state index contributed by atoms with van der Waals surface area (Å²) in [5.41, 5.74) is 11.0. The molecule has 5 heterocycles. The molecule has 0 saturated carbocycles. The molecule has 0 bridgehead atoms. The van der Waals surface area contributed by atoms with Gasteiger partial charge in [0.15, 0.2) is 5.82 Å². The SMILES string of the molecule is CNc1cc(OC2CCN(CC(=O)Nc3cccc4c(-c5nc(Nc6cc(C)n(C)n6)ncc5C)c[nH]c34)C2)nc(N)n1. The van der Waals surface area contributed by atoms with Crippen molar-refractivity contribution in [1.29, 1.82) is 0 Å². The van der Waals surface area contributed by atoms with E-state index in [0.717, 1.165) is 46.4 Å². The number of aromatic nitrogens is 7. The molecule has 4 aromatic heterocycles. The minimum absolute atomic E-state index is 0.0987. The lowest BCUT2D eigenvalue weighted by atomic mass is 10.1. The quantitative estimate of drug-likeness (QED) is 0.172. The lowest BCUT2D eigenvalue weighted by Gasteiger charge is -2.17. The van der Waals surface area contributed by atoms with Gasteiger partial charge in [-0.05, 0) is 31.9 Å². The number of nitrogens with one attached hydrogen (secondary N) is 4. The zero-order chi connectivity index (χ0) is 30.1. The number of amides is 1. The normalized spacial score (nSPS) is 15.1. The second kappa shape index (κ2) is 11.6. The highest BCUT2D eigenvalue weighted by atomic mass is 16.5. The lowest BCUT2D eigenvalue weighted by Crippen LogP contribution is -2.33. The molecule has 0 aliphatic carbocycles. The number of carbonyl (C=O) groups excluding carboxylic acids is 1. The molecule has 1 saturated heterocycles. The Bertz CT molecular complexity index is 1780. The van der Waals surface area contributed by atoms with Crippen LogP contribution >= 0.6 is 0 Å². The predicted molar refractivity (Wildman–Crippen MR) is 165 cm³/mol. The van der Waals surface area contributed by atoms with Crippen molar-refractivity contribution in [2.75, 3.05) is 48.4 Å². The molecule has 14 heteroatoms. The molecule has 1 atom stereocenters. The van der Waals surface area contributed by atoms with Crippen LogP contribution in [-0.4, -0.2) is 78.3 Å². The number of aryl methyl sites for hydroxylation is 3. The summed E-state index contributed by atoms with van der Waals surface area (Å²) in [5, 5.41) is 14.6. The number of ether oxygens (including phenoxy) is 1. The van der Waals surface area contributed by atoms with Crippen LogP contribution in [0.15, 0.2) is 42.7 Å². The van der Waals surface area contributed by atoms with Gasteiger partial charge in [-0.2, -0.15) is 15.1 Å². The summed E-state index contributed by atoms with van der Waals surface area (Å²) in [6.45, 7) is 5.53. The average molecular weight is 583 g/mol. The number of benzene rings is 1. The van der Waals surface area contributed by atoms with Crippen molar-refractivity contribution in [3.8, 4) is 17.1 Å². The molecule has 1 fully saturated rings. The Hall–Kier alpha value is -5.24. The molecule has 222 valence electrons. The summed E-state index contributed by atoms with van der Waals surface area (Å²) in [6.07, 6.45) is 4.37. The van der Waals surface area contributed by atoms with E-state index in [1.165, 1.54) is 0 Å². The first-order chi connectivity index (χ1) is 20.7. The van der Waals surface area contributed by atoms with E-state index < -0.39 is 0 Å². The Morgan fingerprint density at radius 2 is 2.05 bits per heavy atom. The molecule has 1 amide bonds. The van der Waals surface area contributed by atoms with Gasteiger partial charge in [0, 0.05) is 68.4 Å². The van der Waals surface area contributed by atoms with Crippen molar-refractivity contribution >= 4 is 46.0 Å². The Morgan fingerprint density at radius 1 is 1.19 bits per heavy atom. The van der Waals surface area contributed by atoms with E-state index in [2.05, 4.69) is 45.9 Å². The Balaban J connectivity index is 1.13. The van der Waals surface area contributed by atoms with E-state index in [4.69, 9.17) is 15.5 Å². The highest BCUT2D eigenvalue weighted by molar-refractivity contribution is 6.06. The van der Waals surface area contributed by atoms with Gasteiger partial charge in [0.1, 0.15) is 11.9 Å². The number of rotatable bonds is 9. The summed E-state index contributed by atoms with van der Waals surface area (Å²) in [5.74, 6) is 2.17. The maximum absolute atomic E-state index is 13.1. The van der Waals surface area contributed by atoms with Crippen molar-refractivity contribution in [3.05, 3.63) is 54.0 Å². The number of anilines is 5. The molecule has 1 unspecified atom stereocenters. The lowest BCUT2D eigenvalue weighted by molar-refractivity contribution is -0.117. The first-order valence-corrected chi connectivity index (χ1v) is 14.0. The largest absolute Gasteiger partial charge is 0.473 e. The number of fused-ring (bicyclic) bond motifs is 1. The Morgan fingerprint density at radius 3 is 2.84 bits per heavy atom. The first-order valence-electron chi connectivity index (χ1n) is 14.0. The number of hydrogen-bond donors (Lipinski definition) is 5. The third-order valence-electron chi connectivity index (χ3n) is 7.43. The van der Waals surface area contributed by atoms with Gasteiger partial charge in [-0.15, -0.1) is 0 Å². The number of para-hydroxylation sites is 1. The van der Waals surface area contributed by atoms with Crippen LogP contribution in [0.2, 0.25) is 0 Å². The fraction of sp³-hybridized carbons (Fsp3) is 0.310. The second-order valence-corrected chi connectivity index (χ2v) is 10.6. The van der Waals surface area contributed by atoms with E-state index in [9.17, 15) is 4.79 Å². The molecule has 1 aliphatic heterocycles. The van der Waals surface area contributed by atoms with Crippen molar-refractivity contribution < 1.29 is 9.53 Å². The highest BCUT2D eigenvalue weighted by Crippen LogP contribution is 2.33. The first kappa shape index (κ1) is 27.9. The molecule has 6 N–H and O–H groups in total. The number of nitrogens with two attached hydrogens (primary N) is 1. The fourth-order valence-electron chi connectivity index (χ4n) is 5.20. The molecular weight excluding hydrogens is 548 g/mol. The summed E-state index contributed by atoms with van der Waals surface area (Å²) >= 11 is 0. The minimum Gasteiger partial charge on any atom is -0.473 e. The van der Waals surface area contributed by atoms with Gasteiger partial charge in [0.05, 0.1) is 23.4 Å². The molecule has 0 radical (unpaired) electrons. The standard InChI is InChI=1S/C29H34N12O2/c1-16-12-33-29(36-23-10-17(2)40(4)39-23)38-26(16)20-13-32-27-19(20)6-5-7-21(27)34-24(42)15-41-9-8-18(14-41)43-25-11-22(31-3)35-28(30)37-25/h5-7,10-13,18,32H,8-9,14-15H2,1-4H3,(H,34,42)(H3,30,31,35,37)(H,33,36,38,39). The van der Waals surface area contributed by atoms with E-state index in [1.807, 2.05) is 51.4 Å². The van der Waals surface area contributed by atoms with Crippen LogP contribution in [0.25, 0.3) is 22.2 Å². The third-order valence-corrected chi connectivity index (χ3v) is 7.43. The fourth-order valence-corrected chi connectivity index (χ4v) is 5.20. The van der Waals surface area contributed by atoms with Gasteiger partial charge in [0.2, 0.25) is 23.7 Å². The van der Waals surface area contributed by atoms with Crippen LogP contribution in [0.1, 0.15) is 17.7 Å². The van der Waals surface area contributed by atoms with E-state index in [-0.39, 0.29) is 24.5 Å². The van der Waals surface area contributed by atoms with Crippen LogP contribution in [0.4, 0.5) is 29.2 Å². The molecule has 1 aliphatic rings. The van der Waals surface area contributed by atoms with E-state index in [0.29, 0.717) is 35.7 Å². The summed E-state index contributed by atoms with van der Waals surface area (Å²) in [4.78, 5) is 36.0. The smallest absolute Gasteiger partial charge is 0.238 e. The van der Waals surface area contributed by atoms with Crippen LogP contribution in [0.5, 0.6) is 5.88 Å². The summed E-state index contributed by atoms with van der Waals surface area (Å²) in [6, 6.07) is 9.47. The zero-order valence-electron chi connectivity index (χ0n) is 24.5. The van der Waals surface area contributed by atoms with Gasteiger partial charge in [-0.25, -0.2) is 9.97 Å². The number of nitrogens with zero attached hydrogens (tertiary/aromatic N) is 7. The molecule has 43 heavy (non-hydrogen) atoms. The van der Waals surface area contributed by atoms with Crippen molar-refractivity contribution in [2.24, 2.45) is 7.05 Å². The second-order valence-electron chi connectivity index (χ2n) is 10.6. The maximum atomic E-state index is 13.1. The predicted octanol–water partition coefficient (Wildman–Crippen LogP) is 3.22. The van der Waals surface area contributed by atoms with Crippen molar-refractivity contribution in [2.45, 2.75) is 26.4 Å². The van der Waals surface area contributed by atoms with Crippen LogP contribution in [0.3, 0.4) is 0 Å². The molecule has 1 aromatic carbocycles. The molecule has 0 spiro atoms. The zero-order valence-corrected chi connectivity index (χ0v) is 24.5. The number of hydrogen-bond acceptors (Lipinski definition) is 11. The topological polar surface area (TPSA) is 177 Å². The number of carbonyl (C=O) groups is 1. The van der Waals surface area contributed by atoms with Gasteiger partial charge >= 0.3 is 0 Å². The number of H-pyrrole nitrogens is 1. The molecule has 5 aromatic rings. The Kier molecular flexibility index (Phi) is 7.50. The monoisotopic (exact) mass is 582 g/mol. The number of likely N-dealkylation sites (tertiary alicyclic amines) is 1. The number of aromatic amines is 1. The third kappa shape index (κ3) is 6.04. The van der Waals surface area contributed by atoms with E-state index >= 15 is 0 Å². The van der Waals surface area contributed by atoms with Crippen LogP contribution < -0.4 is 26.4 Å². The van der Waals surface area contributed by atoms with Gasteiger partial charge in [-0.1, -0.05) is 12.1 Å². The van der Waals surface area contributed by atoms with Crippen molar-refractivity contribution in [1.82, 2.24) is 39.6 Å². The van der Waals surface area contributed by atoms with Crippen LogP contribution in [0, 0.1) is 13.8 Å². The average Bonchev–Trinajstić information content (AvgIpc) is 3.68. The minimum atomic E-state index is -0.108. The summed E-state index contributed by atoms with van der Waals surface area (Å²) in [7, 11) is 3.64. The Labute approximate surface area is 248 Å². The maximum Gasteiger partial charge on any atom is 0.238 e.